The zero-order chi connectivity index (χ0) is 18.7. The summed E-state index contributed by atoms with van der Waals surface area (Å²) in [5, 5.41) is 0. The van der Waals surface area contributed by atoms with Gasteiger partial charge in [0.15, 0.2) is 4.80 Å². The molecule has 1 heterocycles. The first-order chi connectivity index (χ1) is 12.6. The number of benzene rings is 2. The van der Waals surface area contributed by atoms with Crippen molar-refractivity contribution >= 4 is 27.5 Å². The third kappa shape index (κ3) is 3.24. The maximum Gasteiger partial charge on any atom is 0.283 e. The Morgan fingerprint density at radius 2 is 1.96 bits per heavy atom. The van der Waals surface area contributed by atoms with Crippen molar-refractivity contribution in [2.24, 2.45) is 4.99 Å². The monoisotopic (exact) mass is 370 g/mol. The Balaban J connectivity index is 2.18. The van der Waals surface area contributed by atoms with Crippen molar-refractivity contribution in [3.05, 3.63) is 52.3 Å². The van der Waals surface area contributed by atoms with Gasteiger partial charge in [0.25, 0.3) is 5.91 Å². The summed E-state index contributed by atoms with van der Waals surface area (Å²) >= 11 is 1.53. The van der Waals surface area contributed by atoms with Gasteiger partial charge in [-0.05, 0) is 43.2 Å². The summed E-state index contributed by atoms with van der Waals surface area (Å²) in [6.45, 7) is 4.95. The summed E-state index contributed by atoms with van der Waals surface area (Å²) in [6, 6.07) is 11.4. The molecule has 6 heteroatoms. The first kappa shape index (κ1) is 18.2. The minimum atomic E-state index is -0.340. The molecule has 0 aliphatic heterocycles. The lowest BCUT2D eigenvalue weighted by atomic mass is 10.1. The summed E-state index contributed by atoms with van der Waals surface area (Å²) in [7, 11) is 3.11. The van der Waals surface area contributed by atoms with Crippen LogP contribution in [-0.2, 0) is 13.0 Å². The molecular formula is C20H22N2O3S. The molecule has 3 rings (SSSR count). The quantitative estimate of drug-likeness (QED) is 0.681. The van der Waals surface area contributed by atoms with Gasteiger partial charge in [-0.2, -0.15) is 4.99 Å². The van der Waals surface area contributed by atoms with Crippen LogP contribution in [0, 0.1) is 0 Å². The molecule has 0 atom stereocenters. The molecule has 0 N–H and O–H groups in total. The summed E-state index contributed by atoms with van der Waals surface area (Å²) in [5.74, 6) is 0.739. The fourth-order valence-corrected chi connectivity index (χ4v) is 4.14. The lowest BCUT2D eigenvalue weighted by Gasteiger charge is -2.08. The van der Waals surface area contributed by atoms with Crippen LogP contribution in [0.15, 0.2) is 41.4 Å². The van der Waals surface area contributed by atoms with E-state index in [0.29, 0.717) is 21.9 Å². The molecule has 5 nitrogen and oxygen atoms in total. The van der Waals surface area contributed by atoms with Crippen LogP contribution in [0.3, 0.4) is 0 Å². The third-order valence-corrected chi connectivity index (χ3v) is 5.36. The average Bonchev–Trinajstić information content (AvgIpc) is 3.04. The van der Waals surface area contributed by atoms with E-state index < -0.39 is 0 Å². The van der Waals surface area contributed by atoms with Crippen LogP contribution in [0.2, 0.25) is 0 Å². The van der Waals surface area contributed by atoms with Crippen LogP contribution in [0.1, 0.15) is 29.8 Å². The zero-order valence-corrected chi connectivity index (χ0v) is 16.2. The van der Waals surface area contributed by atoms with E-state index in [1.54, 1.807) is 25.3 Å². The highest BCUT2D eigenvalue weighted by Crippen LogP contribution is 2.25. The highest BCUT2D eigenvalue weighted by molar-refractivity contribution is 7.16. The van der Waals surface area contributed by atoms with Gasteiger partial charge in [-0.1, -0.05) is 30.4 Å². The molecule has 0 unspecified atom stereocenters. The molecule has 0 saturated carbocycles. The van der Waals surface area contributed by atoms with Crippen LogP contribution in [0.4, 0.5) is 0 Å². The number of thiazole rings is 1. The van der Waals surface area contributed by atoms with Crippen molar-refractivity contribution in [2.75, 3.05) is 14.2 Å². The molecule has 0 spiro atoms. The number of hydrogen-bond acceptors (Lipinski definition) is 4. The average molecular weight is 370 g/mol. The number of carbonyl (C=O) groups excluding carboxylic acids is 1. The maximum atomic E-state index is 12.9. The van der Waals surface area contributed by atoms with E-state index in [9.17, 15) is 4.79 Å². The molecule has 0 radical (unpaired) electrons. The number of para-hydroxylation sites is 1. The van der Waals surface area contributed by atoms with Gasteiger partial charge in [0, 0.05) is 6.54 Å². The second kappa shape index (κ2) is 7.74. The van der Waals surface area contributed by atoms with Crippen molar-refractivity contribution in [3.8, 4) is 11.5 Å². The number of fused-ring (bicyclic) bond motifs is 1. The fourth-order valence-electron chi connectivity index (χ4n) is 3.00. The summed E-state index contributed by atoms with van der Waals surface area (Å²) in [5.41, 5.74) is 2.81. The normalized spacial score (nSPS) is 11.8. The second-order valence-corrected chi connectivity index (χ2v) is 6.74. The van der Waals surface area contributed by atoms with Crippen LogP contribution in [-0.4, -0.2) is 24.7 Å². The Hall–Kier alpha value is -2.60. The zero-order valence-electron chi connectivity index (χ0n) is 15.4. The molecule has 0 saturated heterocycles. The Morgan fingerprint density at radius 1 is 1.15 bits per heavy atom. The van der Waals surface area contributed by atoms with E-state index >= 15 is 0 Å². The Bertz CT molecular complexity index is 1020. The standard InChI is InChI=1S/C20H22N2O3S/c1-5-13-8-7-9-17-18(13)22(6-2)20(26-17)21-19(23)15-12-14(24-3)10-11-16(15)25-4/h7-12H,5-6H2,1-4H3. The molecule has 1 amide bonds. The van der Waals surface area contributed by atoms with Gasteiger partial charge < -0.3 is 14.0 Å². The van der Waals surface area contributed by atoms with Crippen LogP contribution in [0.25, 0.3) is 10.2 Å². The van der Waals surface area contributed by atoms with Crippen LogP contribution >= 0.6 is 11.3 Å². The minimum Gasteiger partial charge on any atom is -0.497 e. The summed E-state index contributed by atoms with van der Waals surface area (Å²) < 4.78 is 13.8. The van der Waals surface area contributed by atoms with E-state index in [0.717, 1.165) is 23.2 Å². The van der Waals surface area contributed by atoms with Gasteiger partial charge in [0.2, 0.25) is 0 Å². The van der Waals surface area contributed by atoms with Gasteiger partial charge in [-0.15, -0.1) is 0 Å². The first-order valence-electron chi connectivity index (χ1n) is 8.55. The number of ether oxygens (including phenoxy) is 2. The van der Waals surface area contributed by atoms with Crippen molar-refractivity contribution in [2.45, 2.75) is 26.8 Å². The van der Waals surface area contributed by atoms with Gasteiger partial charge in [0.05, 0.1) is 30.0 Å². The van der Waals surface area contributed by atoms with Crippen molar-refractivity contribution < 1.29 is 14.3 Å². The highest BCUT2D eigenvalue weighted by Gasteiger charge is 2.15. The number of methoxy groups -OCH3 is 2. The molecule has 1 aromatic heterocycles. The van der Waals surface area contributed by atoms with Gasteiger partial charge in [-0.3, -0.25) is 4.79 Å². The number of aromatic nitrogens is 1. The van der Waals surface area contributed by atoms with Crippen LogP contribution in [0.5, 0.6) is 11.5 Å². The van der Waals surface area contributed by atoms with Gasteiger partial charge in [0.1, 0.15) is 11.5 Å². The lowest BCUT2D eigenvalue weighted by Crippen LogP contribution is -2.16. The number of hydrogen-bond donors (Lipinski definition) is 0. The second-order valence-electron chi connectivity index (χ2n) is 5.73. The first-order valence-corrected chi connectivity index (χ1v) is 9.36. The van der Waals surface area contributed by atoms with Crippen molar-refractivity contribution in [3.63, 3.8) is 0 Å². The Kier molecular flexibility index (Phi) is 5.42. The molecule has 2 aromatic carbocycles. The van der Waals surface area contributed by atoms with E-state index in [-0.39, 0.29) is 5.91 Å². The van der Waals surface area contributed by atoms with Crippen molar-refractivity contribution in [1.82, 2.24) is 4.57 Å². The molecular weight excluding hydrogens is 348 g/mol. The van der Waals surface area contributed by atoms with Gasteiger partial charge >= 0.3 is 0 Å². The summed E-state index contributed by atoms with van der Waals surface area (Å²) in [6.07, 6.45) is 0.936. The smallest absolute Gasteiger partial charge is 0.283 e. The predicted octanol–water partition coefficient (Wildman–Crippen LogP) is 4.04. The number of rotatable bonds is 5. The maximum absolute atomic E-state index is 12.9. The van der Waals surface area contributed by atoms with E-state index in [4.69, 9.17) is 9.47 Å². The molecule has 0 aliphatic rings. The topological polar surface area (TPSA) is 52.8 Å². The van der Waals surface area contributed by atoms with E-state index in [2.05, 4.69) is 35.5 Å². The van der Waals surface area contributed by atoms with Gasteiger partial charge in [-0.25, -0.2) is 0 Å². The lowest BCUT2D eigenvalue weighted by molar-refractivity contribution is 0.0994. The number of amides is 1. The molecule has 0 fully saturated rings. The van der Waals surface area contributed by atoms with E-state index in [1.165, 1.54) is 24.0 Å². The predicted molar refractivity (Wildman–Crippen MR) is 104 cm³/mol. The molecule has 3 aromatic rings. The molecule has 0 bridgehead atoms. The molecule has 26 heavy (non-hydrogen) atoms. The number of aryl methyl sites for hydroxylation is 2. The van der Waals surface area contributed by atoms with Crippen LogP contribution < -0.4 is 14.3 Å². The Labute approximate surface area is 156 Å². The number of carbonyl (C=O) groups is 1. The third-order valence-electron chi connectivity index (χ3n) is 4.32. The summed E-state index contributed by atoms with van der Waals surface area (Å²) in [4.78, 5) is 17.9. The highest BCUT2D eigenvalue weighted by atomic mass is 32.1. The molecule has 136 valence electrons. The minimum absolute atomic E-state index is 0.340. The fraction of sp³-hybridized carbons (Fsp3) is 0.300. The SMILES string of the molecule is CCc1cccc2sc(=NC(=O)c3cc(OC)ccc3OC)n(CC)c12. The number of nitrogens with zero attached hydrogens (tertiary/aromatic N) is 2. The molecule has 0 aliphatic carbocycles. The van der Waals surface area contributed by atoms with E-state index in [1.807, 2.05) is 6.07 Å². The van der Waals surface area contributed by atoms with Crippen molar-refractivity contribution in [1.29, 1.82) is 0 Å². The Morgan fingerprint density at radius 3 is 2.62 bits per heavy atom. The largest absolute Gasteiger partial charge is 0.497 e.